The molecule has 19 heavy (non-hydrogen) atoms. The number of nitrogens with zero attached hydrogens (tertiary/aromatic N) is 3. The SMILES string of the molecule is CC#C[C@H]1CC[C@H](CN(C)c2ncc(Br)cn2)CC1. The number of hydrogen-bond donors (Lipinski definition) is 0. The summed E-state index contributed by atoms with van der Waals surface area (Å²) in [6.45, 7) is 2.97. The highest BCUT2D eigenvalue weighted by Gasteiger charge is 2.21. The molecule has 1 aliphatic carbocycles. The molecule has 0 atom stereocenters. The number of anilines is 1. The van der Waals surface area contributed by atoms with Gasteiger partial charge in [0.2, 0.25) is 5.95 Å². The standard InChI is InChI=1S/C15H20BrN3/c1-3-4-12-5-7-13(8-6-12)11-19(2)15-17-9-14(16)10-18-15/h9-10,12-13H,5-8,11H2,1-2H3/t12-,13-. The van der Waals surface area contributed by atoms with Crippen molar-refractivity contribution in [2.24, 2.45) is 11.8 Å². The second-order valence-electron chi connectivity index (χ2n) is 5.19. The van der Waals surface area contributed by atoms with Gasteiger partial charge in [-0.3, -0.25) is 0 Å². The number of rotatable bonds is 3. The Hall–Kier alpha value is -1.08. The van der Waals surface area contributed by atoms with Crippen molar-refractivity contribution in [1.82, 2.24) is 9.97 Å². The summed E-state index contributed by atoms with van der Waals surface area (Å²) in [5.74, 6) is 8.51. The Kier molecular flexibility index (Phi) is 5.21. The minimum absolute atomic E-state index is 0.621. The van der Waals surface area contributed by atoms with Crippen LogP contribution in [0.4, 0.5) is 5.95 Å². The van der Waals surface area contributed by atoms with E-state index in [0.717, 1.165) is 22.9 Å². The van der Waals surface area contributed by atoms with Gasteiger partial charge in [-0.15, -0.1) is 11.8 Å². The Morgan fingerprint density at radius 1 is 1.26 bits per heavy atom. The van der Waals surface area contributed by atoms with Crippen molar-refractivity contribution >= 4 is 21.9 Å². The maximum atomic E-state index is 4.33. The Morgan fingerprint density at radius 3 is 2.47 bits per heavy atom. The highest BCUT2D eigenvalue weighted by atomic mass is 79.9. The Morgan fingerprint density at radius 2 is 1.89 bits per heavy atom. The van der Waals surface area contributed by atoms with Crippen molar-refractivity contribution in [3.63, 3.8) is 0 Å². The molecule has 0 spiro atoms. The number of halogens is 1. The molecule has 1 aliphatic rings. The van der Waals surface area contributed by atoms with Crippen LogP contribution in [0.3, 0.4) is 0 Å². The van der Waals surface area contributed by atoms with E-state index >= 15 is 0 Å². The summed E-state index contributed by atoms with van der Waals surface area (Å²) in [5, 5.41) is 0. The van der Waals surface area contributed by atoms with Crippen molar-refractivity contribution in [2.45, 2.75) is 32.6 Å². The van der Waals surface area contributed by atoms with Gasteiger partial charge in [-0.05, 0) is 54.5 Å². The van der Waals surface area contributed by atoms with E-state index in [-0.39, 0.29) is 0 Å². The summed E-state index contributed by atoms with van der Waals surface area (Å²) in [5.41, 5.74) is 0. The minimum Gasteiger partial charge on any atom is -0.344 e. The third kappa shape index (κ3) is 4.21. The highest BCUT2D eigenvalue weighted by Crippen LogP contribution is 2.29. The Labute approximate surface area is 124 Å². The molecule has 0 aliphatic heterocycles. The third-order valence-corrected chi connectivity index (χ3v) is 4.08. The lowest BCUT2D eigenvalue weighted by Crippen LogP contribution is -2.29. The molecular weight excluding hydrogens is 302 g/mol. The maximum absolute atomic E-state index is 4.33. The zero-order valence-electron chi connectivity index (χ0n) is 11.6. The van der Waals surface area contributed by atoms with Gasteiger partial charge >= 0.3 is 0 Å². The molecule has 1 saturated carbocycles. The first-order valence-corrected chi connectivity index (χ1v) is 7.59. The lowest BCUT2D eigenvalue weighted by atomic mass is 9.82. The summed E-state index contributed by atoms with van der Waals surface area (Å²) in [7, 11) is 2.07. The first-order chi connectivity index (χ1) is 9.19. The van der Waals surface area contributed by atoms with Crippen LogP contribution in [0, 0.1) is 23.7 Å². The average molecular weight is 322 g/mol. The van der Waals surface area contributed by atoms with E-state index in [1.54, 1.807) is 12.4 Å². The fraction of sp³-hybridized carbons (Fsp3) is 0.600. The van der Waals surface area contributed by atoms with Crippen LogP contribution >= 0.6 is 15.9 Å². The van der Waals surface area contributed by atoms with E-state index in [4.69, 9.17) is 0 Å². The fourth-order valence-electron chi connectivity index (χ4n) is 2.67. The van der Waals surface area contributed by atoms with Gasteiger partial charge in [-0.2, -0.15) is 0 Å². The molecule has 0 unspecified atom stereocenters. The van der Waals surface area contributed by atoms with Gasteiger partial charge in [-0.25, -0.2) is 9.97 Å². The summed E-state index contributed by atoms with van der Waals surface area (Å²) < 4.78 is 0.920. The molecule has 1 fully saturated rings. The molecule has 0 radical (unpaired) electrons. The first-order valence-electron chi connectivity index (χ1n) is 6.80. The molecule has 0 saturated heterocycles. The molecule has 2 rings (SSSR count). The molecule has 0 aromatic carbocycles. The molecule has 1 heterocycles. The van der Waals surface area contributed by atoms with Crippen LogP contribution in [0.1, 0.15) is 32.6 Å². The van der Waals surface area contributed by atoms with Gasteiger partial charge in [0.15, 0.2) is 0 Å². The predicted octanol–water partition coefficient (Wildman–Crippen LogP) is 3.51. The van der Waals surface area contributed by atoms with Crippen molar-refractivity contribution in [3.05, 3.63) is 16.9 Å². The lowest BCUT2D eigenvalue weighted by Gasteiger charge is -2.29. The Bertz CT molecular complexity index is 453. The van der Waals surface area contributed by atoms with E-state index < -0.39 is 0 Å². The zero-order chi connectivity index (χ0) is 13.7. The van der Waals surface area contributed by atoms with Crippen LogP contribution < -0.4 is 4.90 Å². The summed E-state index contributed by atoms with van der Waals surface area (Å²) >= 11 is 3.36. The van der Waals surface area contributed by atoms with Crippen LogP contribution in [-0.2, 0) is 0 Å². The van der Waals surface area contributed by atoms with E-state index in [1.165, 1.54) is 25.7 Å². The molecule has 0 N–H and O–H groups in total. The van der Waals surface area contributed by atoms with Crippen LogP contribution in [-0.4, -0.2) is 23.6 Å². The van der Waals surface area contributed by atoms with Crippen molar-refractivity contribution < 1.29 is 0 Å². The normalized spacial score (nSPS) is 22.5. The predicted molar refractivity (Wildman–Crippen MR) is 81.9 cm³/mol. The monoisotopic (exact) mass is 321 g/mol. The molecule has 4 heteroatoms. The minimum atomic E-state index is 0.621. The molecule has 1 aromatic rings. The van der Waals surface area contributed by atoms with Crippen LogP contribution in [0.15, 0.2) is 16.9 Å². The maximum Gasteiger partial charge on any atom is 0.225 e. The third-order valence-electron chi connectivity index (χ3n) is 3.68. The van der Waals surface area contributed by atoms with Gasteiger partial charge in [0.1, 0.15) is 0 Å². The van der Waals surface area contributed by atoms with E-state index in [9.17, 15) is 0 Å². The zero-order valence-corrected chi connectivity index (χ0v) is 13.2. The summed E-state index contributed by atoms with van der Waals surface area (Å²) in [4.78, 5) is 10.8. The lowest BCUT2D eigenvalue weighted by molar-refractivity contribution is 0.319. The molecule has 0 amide bonds. The van der Waals surface area contributed by atoms with Gasteiger partial charge < -0.3 is 4.90 Å². The fourth-order valence-corrected chi connectivity index (χ4v) is 2.87. The highest BCUT2D eigenvalue weighted by molar-refractivity contribution is 9.10. The molecule has 3 nitrogen and oxygen atoms in total. The Balaban J connectivity index is 1.84. The first kappa shape index (κ1) is 14.3. The topological polar surface area (TPSA) is 29.0 Å². The molecular formula is C15H20BrN3. The van der Waals surface area contributed by atoms with Gasteiger partial charge in [0.25, 0.3) is 0 Å². The summed E-state index contributed by atoms with van der Waals surface area (Å²) in [6, 6.07) is 0. The number of hydrogen-bond acceptors (Lipinski definition) is 3. The second-order valence-corrected chi connectivity index (χ2v) is 6.11. The van der Waals surface area contributed by atoms with Crippen molar-refractivity contribution in [2.75, 3.05) is 18.5 Å². The number of aromatic nitrogens is 2. The van der Waals surface area contributed by atoms with E-state index in [2.05, 4.69) is 49.7 Å². The second kappa shape index (κ2) is 6.91. The van der Waals surface area contributed by atoms with Crippen LogP contribution in [0.25, 0.3) is 0 Å². The average Bonchev–Trinajstić information content (AvgIpc) is 2.42. The molecule has 1 aromatic heterocycles. The van der Waals surface area contributed by atoms with Crippen LogP contribution in [0.2, 0.25) is 0 Å². The largest absolute Gasteiger partial charge is 0.344 e. The van der Waals surface area contributed by atoms with Gasteiger partial charge in [0, 0.05) is 31.9 Å². The van der Waals surface area contributed by atoms with Crippen LogP contribution in [0.5, 0.6) is 0 Å². The smallest absolute Gasteiger partial charge is 0.225 e. The van der Waals surface area contributed by atoms with Gasteiger partial charge in [-0.1, -0.05) is 0 Å². The van der Waals surface area contributed by atoms with Crippen molar-refractivity contribution in [1.29, 1.82) is 0 Å². The summed E-state index contributed by atoms with van der Waals surface area (Å²) in [6.07, 6.45) is 8.60. The quantitative estimate of drug-likeness (QED) is 0.798. The molecule has 102 valence electrons. The molecule has 0 bridgehead atoms. The van der Waals surface area contributed by atoms with E-state index in [1.807, 2.05) is 6.92 Å². The van der Waals surface area contributed by atoms with Crippen molar-refractivity contribution in [3.8, 4) is 11.8 Å². The van der Waals surface area contributed by atoms with Gasteiger partial charge in [0.05, 0.1) is 4.47 Å². The van der Waals surface area contributed by atoms with E-state index in [0.29, 0.717) is 5.92 Å².